The molecule has 0 aliphatic carbocycles. The maximum absolute atomic E-state index is 12.8. The number of amides is 1. The van der Waals surface area contributed by atoms with E-state index in [0.717, 1.165) is 23.1 Å². The number of aromatic nitrogens is 3. The number of rotatable bonds is 6. The van der Waals surface area contributed by atoms with Crippen LogP contribution in [0.2, 0.25) is 0 Å². The lowest BCUT2D eigenvalue weighted by Gasteiger charge is -2.10. The predicted octanol–water partition coefficient (Wildman–Crippen LogP) is 1.75. The molecule has 0 fully saturated rings. The zero-order valence-corrected chi connectivity index (χ0v) is 14.7. The number of carbonyl (C=O) groups excluding carboxylic acids is 1. The van der Waals surface area contributed by atoms with E-state index in [0.29, 0.717) is 24.2 Å². The molecule has 1 N–H and O–H groups in total. The number of hydrogen-bond acceptors (Lipinski definition) is 4. The number of nitrogens with zero attached hydrogens (tertiary/aromatic N) is 3. The summed E-state index contributed by atoms with van der Waals surface area (Å²) in [5, 5.41) is 8.04. The second-order valence-corrected chi connectivity index (χ2v) is 5.84. The van der Waals surface area contributed by atoms with Crippen LogP contribution in [0, 0.1) is 0 Å². The lowest BCUT2D eigenvalue weighted by Crippen LogP contribution is -2.35. The van der Waals surface area contributed by atoms with Crippen molar-refractivity contribution in [3.05, 3.63) is 40.4 Å². The molecule has 7 nitrogen and oxygen atoms in total. The third kappa shape index (κ3) is 2.97. The van der Waals surface area contributed by atoms with Crippen molar-refractivity contribution in [1.29, 1.82) is 0 Å². The maximum atomic E-state index is 12.8. The van der Waals surface area contributed by atoms with E-state index in [9.17, 15) is 9.59 Å². The third-order valence-corrected chi connectivity index (χ3v) is 4.16. The molecular weight excluding hydrogens is 320 g/mol. The molecular formula is C18H22N4O3. The molecule has 0 bridgehead atoms. The summed E-state index contributed by atoms with van der Waals surface area (Å²) in [5.74, 6) is 1.22. The van der Waals surface area contributed by atoms with Crippen molar-refractivity contribution in [2.24, 2.45) is 0 Å². The van der Waals surface area contributed by atoms with Gasteiger partial charge in [0.2, 0.25) is 5.91 Å². The molecule has 2 aromatic heterocycles. The summed E-state index contributed by atoms with van der Waals surface area (Å²) in [7, 11) is 1.60. The predicted molar refractivity (Wildman–Crippen MR) is 96.2 cm³/mol. The average Bonchev–Trinajstić information content (AvgIpc) is 3.02. The van der Waals surface area contributed by atoms with E-state index in [4.69, 9.17) is 4.74 Å². The number of carbonyl (C=O) groups is 1. The van der Waals surface area contributed by atoms with Crippen molar-refractivity contribution < 1.29 is 9.53 Å². The molecule has 7 heteroatoms. The molecule has 25 heavy (non-hydrogen) atoms. The molecule has 0 atom stereocenters. The SMILES string of the molecule is CCCNC(=O)Cn1nc(CC)n2c(cc3c(OC)cccc32)c1=O. The molecule has 3 rings (SSSR count). The van der Waals surface area contributed by atoms with E-state index < -0.39 is 0 Å². The van der Waals surface area contributed by atoms with Gasteiger partial charge in [0, 0.05) is 18.4 Å². The Balaban J connectivity index is 2.19. The van der Waals surface area contributed by atoms with Gasteiger partial charge in [-0.1, -0.05) is 19.9 Å². The average molecular weight is 342 g/mol. The fourth-order valence-electron chi connectivity index (χ4n) is 2.97. The molecule has 1 aromatic carbocycles. The van der Waals surface area contributed by atoms with Crippen LogP contribution in [-0.4, -0.2) is 33.7 Å². The number of hydrogen-bond donors (Lipinski definition) is 1. The zero-order chi connectivity index (χ0) is 18.0. The Bertz CT molecular complexity index is 987. The number of aryl methyl sites for hydroxylation is 1. The van der Waals surface area contributed by atoms with Gasteiger partial charge in [0.25, 0.3) is 5.56 Å². The lowest BCUT2D eigenvalue weighted by molar-refractivity contribution is -0.121. The minimum atomic E-state index is -0.290. The van der Waals surface area contributed by atoms with E-state index in [2.05, 4.69) is 10.4 Å². The fraction of sp³-hybridized carbons (Fsp3) is 0.389. The van der Waals surface area contributed by atoms with Crippen LogP contribution in [0.15, 0.2) is 29.1 Å². The van der Waals surface area contributed by atoms with Crippen molar-refractivity contribution in [2.75, 3.05) is 13.7 Å². The largest absolute Gasteiger partial charge is 0.496 e. The van der Waals surface area contributed by atoms with Crippen molar-refractivity contribution >= 4 is 22.3 Å². The van der Waals surface area contributed by atoms with Crippen molar-refractivity contribution in [3.8, 4) is 5.75 Å². The van der Waals surface area contributed by atoms with Crippen LogP contribution < -0.4 is 15.6 Å². The van der Waals surface area contributed by atoms with Gasteiger partial charge in [-0.15, -0.1) is 0 Å². The van der Waals surface area contributed by atoms with Gasteiger partial charge in [0.05, 0.1) is 12.6 Å². The lowest BCUT2D eigenvalue weighted by atomic mass is 10.2. The minimum Gasteiger partial charge on any atom is -0.496 e. The van der Waals surface area contributed by atoms with Crippen LogP contribution >= 0.6 is 0 Å². The van der Waals surface area contributed by atoms with Gasteiger partial charge in [-0.2, -0.15) is 5.10 Å². The van der Waals surface area contributed by atoms with Crippen molar-refractivity contribution in [2.45, 2.75) is 33.2 Å². The van der Waals surface area contributed by atoms with Crippen LogP contribution in [0.4, 0.5) is 0 Å². The number of ether oxygens (including phenoxy) is 1. The second kappa shape index (κ2) is 6.96. The number of nitrogens with one attached hydrogen (secondary N) is 1. The first-order valence-electron chi connectivity index (χ1n) is 8.45. The second-order valence-electron chi connectivity index (χ2n) is 5.84. The van der Waals surface area contributed by atoms with Gasteiger partial charge in [-0.05, 0) is 24.6 Å². The van der Waals surface area contributed by atoms with E-state index in [1.807, 2.05) is 36.4 Å². The molecule has 0 unspecified atom stereocenters. The molecule has 0 spiro atoms. The Labute approximate surface area is 145 Å². The fourth-order valence-corrected chi connectivity index (χ4v) is 2.97. The molecule has 0 saturated heterocycles. The quantitative estimate of drug-likeness (QED) is 0.740. The number of fused-ring (bicyclic) bond motifs is 3. The number of benzene rings is 1. The Hall–Kier alpha value is -2.83. The van der Waals surface area contributed by atoms with Gasteiger partial charge in [0.15, 0.2) is 0 Å². The molecule has 132 valence electrons. The van der Waals surface area contributed by atoms with Crippen LogP contribution in [-0.2, 0) is 17.8 Å². The summed E-state index contributed by atoms with van der Waals surface area (Å²) in [4.78, 5) is 24.8. The minimum absolute atomic E-state index is 0.0823. The number of methoxy groups -OCH3 is 1. The molecule has 2 heterocycles. The molecule has 3 aromatic rings. The molecule has 0 saturated carbocycles. The first-order valence-corrected chi connectivity index (χ1v) is 8.45. The first kappa shape index (κ1) is 17.0. The monoisotopic (exact) mass is 342 g/mol. The van der Waals surface area contributed by atoms with Gasteiger partial charge in [-0.3, -0.25) is 14.0 Å². The van der Waals surface area contributed by atoms with Crippen molar-refractivity contribution in [3.63, 3.8) is 0 Å². The zero-order valence-electron chi connectivity index (χ0n) is 14.7. The molecule has 0 aliphatic heterocycles. The van der Waals surface area contributed by atoms with Gasteiger partial charge >= 0.3 is 0 Å². The third-order valence-electron chi connectivity index (χ3n) is 4.16. The van der Waals surface area contributed by atoms with Crippen LogP contribution in [0.3, 0.4) is 0 Å². The Morgan fingerprint density at radius 3 is 2.76 bits per heavy atom. The van der Waals surface area contributed by atoms with E-state index in [1.54, 1.807) is 13.2 Å². The molecule has 1 amide bonds. The van der Waals surface area contributed by atoms with Crippen molar-refractivity contribution in [1.82, 2.24) is 19.5 Å². The Morgan fingerprint density at radius 2 is 2.08 bits per heavy atom. The highest BCUT2D eigenvalue weighted by atomic mass is 16.5. The smallest absolute Gasteiger partial charge is 0.291 e. The maximum Gasteiger partial charge on any atom is 0.291 e. The topological polar surface area (TPSA) is 77.6 Å². The highest BCUT2D eigenvalue weighted by molar-refractivity contribution is 5.92. The summed E-state index contributed by atoms with van der Waals surface area (Å²) in [6.45, 7) is 4.45. The summed E-state index contributed by atoms with van der Waals surface area (Å²) in [6.07, 6.45) is 1.48. The van der Waals surface area contributed by atoms with Crippen LogP contribution in [0.5, 0.6) is 5.75 Å². The summed E-state index contributed by atoms with van der Waals surface area (Å²) in [6, 6.07) is 7.48. The first-order chi connectivity index (χ1) is 12.1. The van der Waals surface area contributed by atoms with Crippen LogP contribution in [0.25, 0.3) is 16.4 Å². The molecule has 0 aliphatic rings. The normalized spacial score (nSPS) is 11.2. The van der Waals surface area contributed by atoms with E-state index in [-0.39, 0.29) is 18.0 Å². The van der Waals surface area contributed by atoms with Gasteiger partial charge in [0.1, 0.15) is 23.6 Å². The summed E-state index contributed by atoms with van der Waals surface area (Å²) < 4.78 is 8.49. The van der Waals surface area contributed by atoms with E-state index in [1.165, 1.54) is 4.68 Å². The Kier molecular flexibility index (Phi) is 4.74. The Morgan fingerprint density at radius 1 is 1.28 bits per heavy atom. The summed E-state index contributed by atoms with van der Waals surface area (Å²) in [5.41, 5.74) is 1.08. The highest BCUT2D eigenvalue weighted by Crippen LogP contribution is 2.28. The standard InChI is InChI=1S/C18H22N4O3/c1-4-9-19-17(23)11-21-18(24)14-10-12-13(7-6-8-15(12)25-3)22(14)16(5-2)20-21/h6-8,10H,4-5,9,11H2,1-3H3,(H,19,23). The highest BCUT2D eigenvalue weighted by Gasteiger charge is 2.16. The molecule has 0 radical (unpaired) electrons. The van der Waals surface area contributed by atoms with Gasteiger partial charge < -0.3 is 10.1 Å². The van der Waals surface area contributed by atoms with E-state index >= 15 is 0 Å². The van der Waals surface area contributed by atoms with Gasteiger partial charge in [-0.25, -0.2) is 4.68 Å². The summed E-state index contributed by atoms with van der Waals surface area (Å²) >= 11 is 0. The van der Waals surface area contributed by atoms with Crippen LogP contribution in [0.1, 0.15) is 26.1 Å².